The van der Waals surface area contributed by atoms with Gasteiger partial charge in [0.1, 0.15) is 5.82 Å². The van der Waals surface area contributed by atoms with E-state index in [4.69, 9.17) is 9.47 Å². The van der Waals surface area contributed by atoms with Crippen LogP contribution >= 0.6 is 0 Å². The Balaban J connectivity index is 2.54. The van der Waals surface area contributed by atoms with Crippen molar-refractivity contribution < 1.29 is 18.7 Å². The van der Waals surface area contributed by atoms with Gasteiger partial charge < -0.3 is 9.47 Å². The van der Waals surface area contributed by atoms with Crippen molar-refractivity contribution in [2.75, 3.05) is 13.2 Å². The largest absolute Gasteiger partial charge is 0.465 e. The number of nitriles is 1. The van der Waals surface area contributed by atoms with E-state index in [1.807, 2.05) is 13.8 Å². The van der Waals surface area contributed by atoms with Crippen LogP contribution in [-0.2, 0) is 19.7 Å². The highest BCUT2D eigenvalue weighted by atomic mass is 19.1. The number of rotatable bonds is 5. The summed E-state index contributed by atoms with van der Waals surface area (Å²) < 4.78 is 24.4. The smallest absolute Gasteiger partial charge is 0.324 e. The van der Waals surface area contributed by atoms with Gasteiger partial charge in [0, 0.05) is 12.0 Å². The van der Waals surface area contributed by atoms with E-state index in [0.717, 1.165) is 12.0 Å². The number of benzene rings is 1. The molecule has 1 aromatic carbocycles. The molecule has 0 N–H and O–H groups in total. The van der Waals surface area contributed by atoms with Gasteiger partial charge in [0.15, 0.2) is 5.92 Å². The fraction of sp³-hybridized carbons (Fsp3) is 0.579. The molecule has 3 atom stereocenters. The highest BCUT2D eigenvalue weighted by Crippen LogP contribution is 2.48. The molecule has 5 heteroatoms. The Morgan fingerprint density at radius 1 is 1.42 bits per heavy atom. The molecule has 0 aliphatic carbocycles. The Bertz CT molecular complexity index is 624. The van der Waals surface area contributed by atoms with Crippen LogP contribution in [0.2, 0.25) is 0 Å². The zero-order valence-electron chi connectivity index (χ0n) is 14.5. The summed E-state index contributed by atoms with van der Waals surface area (Å²) in [6.45, 7) is 6.39. The minimum absolute atomic E-state index is 0.220. The van der Waals surface area contributed by atoms with Gasteiger partial charge in [-0.1, -0.05) is 19.1 Å². The summed E-state index contributed by atoms with van der Waals surface area (Å²) in [5.41, 5.74) is -0.391. The molecular weight excluding hydrogens is 309 g/mol. The number of hydrogen-bond donors (Lipinski definition) is 0. The van der Waals surface area contributed by atoms with E-state index in [2.05, 4.69) is 6.07 Å². The predicted octanol–water partition coefficient (Wildman–Crippen LogP) is 3.75. The highest BCUT2D eigenvalue weighted by Gasteiger charge is 2.51. The maximum absolute atomic E-state index is 13.4. The molecule has 0 amide bonds. The molecule has 0 spiro atoms. The Morgan fingerprint density at radius 3 is 2.62 bits per heavy atom. The third kappa shape index (κ3) is 3.44. The van der Waals surface area contributed by atoms with E-state index in [1.54, 1.807) is 19.1 Å². The number of esters is 1. The second-order valence-corrected chi connectivity index (χ2v) is 6.56. The summed E-state index contributed by atoms with van der Waals surface area (Å²) in [6, 6.07) is 8.22. The molecule has 1 fully saturated rings. The standard InChI is InChI=1S/C19H24FNO3/c1-4-18(3)13-19(10-11-24-18,14-6-8-15(20)9-7-14)16(12-21)17(22)23-5-2/h6-9,16H,4-5,10-11,13H2,1-3H3/t16-,18+,19-/m0/s1. The van der Waals surface area contributed by atoms with Gasteiger partial charge in [-0.25, -0.2) is 4.39 Å². The minimum atomic E-state index is -0.947. The maximum atomic E-state index is 13.4. The molecule has 1 saturated heterocycles. The first-order valence-electron chi connectivity index (χ1n) is 8.37. The fourth-order valence-corrected chi connectivity index (χ4v) is 3.58. The molecule has 1 aliphatic rings. The topological polar surface area (TPSA) is 59.3 Å². The van der Waals surface area contributed by atoms with Crippen molar-refractivity contribution in [2.24, 2.45) is 5.92 Å². The molecule has 2 rings (SSSR count). The lowest BCUT2D eigenvalue weighted by Gasteiger charge is -2.47. The Kier molecular flexibility index (Phi) is 5.61. The average Bonchev–Trinajstić information content (AvgIpc) is 2.56. The van der Waals surface area contributed by atoms with Crippen molar-refractivity contribution >= 4 is 5.97 Å². The van der Waals surface area contributed by atoms with Crippen LogP contribution in [0, 0.1) is 23.1 Å². The normalized spacial score (nSPS) is 28.0. The van der Waals surface area contributed by atoms with Crippen LogP contribution in [0.25, 0.3) is 0 Å². The second kappa shape index (κ2) is 7.31. The highest BCUT2D eigenvalue weighted by molar-refractivity contribution is 5.77. The van der Waals surface area contributed by atoms with E-state index in [-0.39, 0.29) is 12.4 Å². The van der Waals surface area contributed by atoms with Crippen molar-refractivity contribution in [2.45, 2.75) is 51.0 Å². The lowest BCUT2D eigenvalue weighted by molar-refractivity contribution is -0.154. The van der Waals surface area contributed by atoms with Crippen molar-refractivity contribution in [1.29, 1.82) is 5.26 Å². The van der Waals surface area contributed by atoms with E-state index >= 15 is 0 Å². The number of ether oxygens (including phenoxy) is 2. The maximum Gasteiger partial charge on any atom is 0.324 e. The van der Waals surface area contributed by atoms with Gasteiger partial charge in [-0.3, -0.25) is 4.79 Å². The Labute approximate surface area is 142 Å². The summed E-state index contributed by atoms with van der Waals surface area (Å²) in [5.74, 6) is -1.81. The third-order valence-corrected chi connectivity index (χ3v) is 5.06. The van der Waals surface area contributed by atoms with Crippen LogP contribution < -0.4 is 0 Å². The summed E-state index contributed by atoms with van der Waals surface area (Å²) in [4.78, 5) is 12.5. The number of halogens is 1. The summed E-state index contributed by atoms with van der Waals surface area (Å²) in [7, 11) is 0. The molecule has 0 aromatic heterocycles. The minimum Gasteiger partial charge on any atom is -0.465 e. The number of carbonyl (C=O) groups is 1. The zero-order valence-corrected chi connectivity index (χ0v) is 14.5. The van der Waals surface area contributed by atoms with Gasteiger partial charge in [-0.15, -0.1) is 0 Å². The Morgan fingerprint density at radius 2 is 2.08 bits per heavy atom. The summed E-state index contributed by atoms with van der Waals surface area (Å²) in [6.07, 6.45) is 1.79. The van der Waals surface area contributed by atoms with Crippen LogP contribution in [0.4, 0.5) is 4.39 Å². The first-order valence-corrected chi connectivity index (χ1v) is 8.37. The molecule has 130 valence electrons. The van der Waals surface area contributed by atoms with Crippen LogP contribution in [0.5, 0.6) is 0 Å². The van der Waals surface area contributed by atoms with Crippen molar-refractivity contribution in [3.8, 4) is 6.07 Å². The lowest BCUT2D eigenvalue weighted by atomic mass is 9.61. The fourth-order valence-electron chi connectivity index (χ4n) is 3.58. The van der Waals surface area contributed by atoms with E-state index in [1.165, 1.54) is 12.1 Å². The van der Waals surface area contributed by atoms with Gasteiger partial charge in [0.2, 0.25) is 0 Å². The number of carbonyl (C=O) groups excluding carboxylic acids is 1. The molecular formula is C19H24FNO3. The van der Waals surface area contributed by atoms with E-state index in [0.29, 0.717) is 19.4 Å². The summed E-state index contributed by atoms with van der Waals surface area (Å²) in [5, 5.41) is 9.73. The predicted molar refractivity (Wildman–Crippen MR) is 87.7 cm³/mol. The van der Waals surface area contributed by atoms with Gasteiger partial charge in [0.25, 0.3) is 0 Å². The van der Waals surface area contributed by atoms with Crippen LogP contribution in [-0.4, -0.2) is 24.8 Å². The van der Waals surface area contributed by atoms with Crippen molar-refractivity contribution in [3.05, 3.63) is 35.6 Å². The van der Waals surface area contributed by atoms with Crippen LogP contribution in [0.15, 0.2) is 24.3 Å². The lowest BCUT2D eigenvalue weighted by Crippen LogP contribution is -2.51. The Hall–Kier alpha value is -1.93. The molecule has 1 heterocycles. The first-order chi connectivity index (χ1) is 11.4. The molecule has 0 saturated carbocycles. The first kappa shape index (κ1) is 18.4. The van der Waals surface area contributed by atoms with Gasteiger partial charge in [-0.2, -0.15) is 5.26 Å². The number of nitrogens with zero attached hydrogens (tertiary/aromatic N) is 1. The molecule has 1 aromatic rings. The van der Waals surface area contributed by atoms with E-state index in [9.17, 15) is 14.4 Å². The van der Waals surface area contributed by atoms with Crippen molar-refractivity contribution in [1.82, 2.24) is 0 Å². The SMILES string of the molecule is CCOC(=O)[C@H](C#N)[C@@]1(c2ccc(F)cc2)CCO[C@](C)(CC)C1. The van der Waals surface area contributed by atoms with Crippen LogP contribution in [0.1, 0.15) is 45.6 Å². The molecule has 1 aliphatic heterocycles. The molecule has 0 radical (unpaired) electrons. The molecule has 0 bridgehead atoms. The second-order valence-electron chi connectivity index (χ2n) is 6.56. The summed E-state index contributed by atoms with van der Waals surface area (Å²) >= 11 is 0. The number of hydrogen-bond acceptors (Lipinski definition) is 4. The van der Waals surface area contributed by atoms with Crippen molar-refractivity contribution in [3.63, 3.8) is 0 Å². The van der Waals surface area contributed by atoms with E-state index < -0.39 is 22.9 Å². The van der Waals surface area contributed by atoms with Crippen LogP contribution in [0.3, 0.4) is 0 Å². The molecule has 24 heavy (non-hydrogen) atoms. The van der Waals surface area contributed by atoms with Gasteiger partial charge >= 0.3 is 5.97 Å². The van der Waals surface area contributed by atoms with Gasteiger partial charge in [0.05, 0.1) is 18.3 Å². The molecule has 4 nitrogen and oxygen atoms in total. The third-order valence-electron chi connectivity index (χ3n) is 5.06. The monoisotopic (exact) mass is 333 g/mol. The quantitative estimate of drug-likeness (QED) is 0.770. The zero-order chi connectivity index (χ0) is 17.8. The molecule has 0 unspecified atom stereocenters. The average molecular weight is 333 g/mol. The van der Waals surface area contributed by atoms with Gasteiger partial charge in [-0.05, 0) is 50.8 Å².